The number of piperidine rings is 1. The quantitative estimate of drug-likeness (QED) is 0.766. The van der Waals surface area contributed by atoms with Gasteiger partial charge in [0.15, 0.2) is 0 Å². The number of pyridine rings is 1. The summed E-state index contributed by atoms with van der Waals surface area (Å²) in [5.74, 6) is 0.194. The van der Waals surface area contributed by atoms with Crippen molar-refractivity contribution in [2.75, 3.05) is 57.3 Å². The molecule has 0 saturated carbocycles. The first-order chi connectivity index (χ1) is 14.1. The molecule has 7 nitrogen and oxygen atoms in total. The Balaban J connectivity index is 1.29. The smallest absolute Gasteiger partial charge is 0.320 e. The number of carbonyl (C=O) groups excluding carboxylic acids is 2. The maximum Gasteiger partial charge on any atom is 0.320 e. The minimum atomic E-state index is 0.162. The fourth-order valence-corrected chi connectivity index (χ4v) is 5.07. The van der Waals surface area contributed by atoms with Gasteiger partial charge < -0.3 is 19.6 Å². The Bertz CT molecular complexity index is 717. The molecule has 1 aromatic rings. The average Bonchev–Trinajstić information content (AvgIpc) is 3.01. The Labute approximate surface area is 173 Å². The van der Waals surface area contributed by atoms with Gasteiger partial charge in [0.25, 0.3) is 0 Å². The van der Waals surface area contributed by atoms with Crippen molar-refractivity contribution in [3.05, 3.63) is 24.5 Å². The Morgan fingerprint density at radius 2 is 1.52 bits per heavy atom. The fourth-order valence-electron chi connectivity index (χ4n) is 5.07. The summed E-state index contributed by atoms with van der Waals surface area (Å²) in [7, 11) is 0. The van der Waals surface area contributed by atoms with Crippen LogP contribution in [0.15, 0.2) is 24.5 Å². The molecular weight excluding hydrogens is 366 g/mol. The van der Waals surface area contributed by atoms with Crippen LogP contribution in [-0.4, -0.2) is 84.0 Å². The van der Waals surface area contributed by atoms with Crippen molar-refractivity contribution in [3.8, 4) is 0 Å². The zero-order chi connectivity index (χ0) is 20.3. The summed E-state index contributed by atoms with van der Waals surface area (Å²) < 4.78 is 0. The lowest BCUT2D eigenvalue weighted by Crippen LogP contribution is -2.50. The molecule has 4 rings (SSSR count). The molecule has 0 aromatic carbocycles. The lowest BCUT2D eigenvalue weighted by molar-refractivity contribution is -0.130. The van der Waals surface area contributed by atoms with Crippen LogP contribution in [0, 0.1) is 5.41 Å². The number of carbonyl (C=O) groups is 2. The van der Waals surface area contributed by atoms with Gasteiger partial charge in [0, 0.05) is 76.9 Å². The number of anilines is 1. The lowest BCUT2D eigenvalue weighted by atomic mass is 9.78. The van der Waals surface area contributed by atoms with Crippen molar-refractivity contribution < 1.29 is 9.59 Å². The summed E-state index contributed by atoms with van der Waals surface area (Å²) in [6.45, 7) is 8.60. The second-order valence-corrected chi connectivity index (χ2v) is 8.72. The third kappa shape index (κ3) is 4.33. The molecule has 29 heavy (non-hydrogen) atoms. The van der Waals surface area contributed by atoms with Gasteiger partial charge in [0.2, 0.25) is 5.91 Å². The van der Waals surface area contributed by atoms with Crippen molar-refractivity contribution in [3.63, 3.8) is 0 Å². The van der Waals surface area contributed by atoms with E-state index >= 15 is 0 Å². The second kappa shape index (κ2) is 8.59. The van der Waals surface area contributed by atoms with E-state index in [1.165, 1.54) is 12.1 Å². The summed E-state index contributed by atoms with van der Waals surface area (Å²) in [6.07, 6.45) is 8.49. The summed E-state index contributed by atoms with van der Waals surface area (Å²) in [4.78, 5) is 37.5. The van der Waals surface area contributed by atoms with E-state index in [1.807, 2.05) is 34.0 Å². The van der Waals surface area contributed by atoms with Crippen LogP contribution in [0.25, 0.3) is 0 Å². The van der Waals surface area contributed by atoms with Gasteiger partial charge in [-0.25, -0.2) is 4.79 Å². The van der Waals surface area contributed by atoms with Crippen LogP contribution in [0.2, 0.25) is 0 Å². The van der Waals surface area contributed by atoms with E-state index in [-0.39, 0.29) is 11.9 Å². The zero-order valence-corrected chi connectivity index (χ0v) is 17.6. The van der Waals surface area contributed by atoms with E-state index in [4.69, 9.17) is 0 Å². The van der Waals surface area contributed by atoms with Crippen LogP contribution in [0.1, 0.15) is 39.0 Å². The maximum atomic E-state index is 13.1. The van der Waals surface area contributed by atoms with Gasteiger partial charge in [-0.2, -0.15) is 0 Å². The number of hydrogen-bond acceptors (Lipinski definition) is 4. The molecule has 0 bridgehead atoms. The first-order valence-corrected chi connectivity index (χ1v) is 11.1. The number of likely N-dealkylation sites (tertiary alicyclic amines) is 1. The molecule has 0 aliphatic carbocycles. The van der Waals surface area contributed by atoms with Crippen LogP contribution >= 0.6 is 0 Å². The van der Waals surface area contributed by atoms with E-state index < -0.39 is 0 Å². The van der Waals surface area contributed by atoms with E-state index in [0.29, 0.717) is 24.9 Å². The molecule has 3 aliphatic rings. The Hall–Kier alpha value is -2.31. The number of nitrogens with zero attached hydrogens (tertiary/aromatic N) is 5. The Morgan fingerprint density at radius 1 is 0.897 bits per heavy atom. The number of aromatic nitrogens is 1. The van der Waals surface area contributed by atoms with Crippen molar-refractivity contribution >= 4 is 17.6 Å². The molecule has 0 radical (unpaired) electrons. The summed E-state index contributed by atoms with van der Waals surface area (Å²) in [6, 6.07) is 4.34. The SMILES string of the molecule is CCC(=O)N1CCCN(C(=O)N2CCC3(CC2)CCN(c2ccncc2)C3)CC1. The first kappa shape index (κ1) is 20.0. The van der Waals surface area contributed by atoms with Crippen LogP contribution in [0.3, 0.4) is 0 Å². The molecule has 1 spiro atoms. The van der Waals surface area contributed by atoms with Crippen molar-refractivity contribution in [1.29, 1.82) is 0 Å². The third-order valence-electron chi connectivity index (χ3n) is 6.98. The molecule has 0 N–H and O–H groups in total. The summed E-state index contributed by atoms with van der Waals surface area (Å²) >= 11 is 0. The summed E-state index contributed by atoms with van der Waals surface area (Å²) in [5, 5.41) is 0. The monoisotopic (exact) mass is 399 g/mol. The summed E-state index contributed by atoms with van der Waals surface area (Å²) in [5.41, 5.74) is 1.59. The highest BCUT2D eigenvalue weighted by molar-refractivity contribution is 5.77. The minimum Gasteiger partial charge on any atom is -0.371 e. The number of amides is 3. The molecule has 0 atom stereocenters. The van der Waals surface area contributed by atoms with Gasteiger partial charge >= 0.3 is 6.03 Å². The molecule has 7 heteroatoms. The predicted octanol–water partition coefficient (Wildman–Crippen LogP) is 2.44. The lowest BCUT2D eigenvalue weighted by Gasteiger charge is -2.41. The van der Waals surface area contributed by atoms with Gasteiger partial charge in [0.05, 0.1) is 0 Å². The molecular formula is C22H33N5O2. The van der Waals surface area contributed by atoms with Crippen LogP contribution in [-0.2, 0) is 4.79 Å². The second-order valence-electron chi connectivity index (χ2n) is 8.72. The normalized spacial score (nSPS) is 22.1. The van der Waals surface area contributed by atoms with Crippen molar-refractivity contribution in [1.82, 2.24) is 19.7 Å². The molecule has 4 heterocycles. The highest BCUT2D eigenvalue weighted by atomic mass is 16.2. The predicted molar refractivity (Wildman–Crippen MR) is 113 cm³/mol. The molecule has 1 aromatic heterocycles. The highest BCUT2D eigenvalue weighted by Gasteiger charge is 2.42. The van der Waals surface area contributed by atoms with Crippen LogP contribution in [0.4, 0.5) is 10.5 Å². The van der Waals surface area contributed by atoms with Gasteiger partial charge in [-0.05, 0) is 43.2 Å². The molecule has 3 amide bonds. The number of hydrogen-bond donors (Lipinski definition) is 0. The van der Waals surface area contributed by atoms with Gasteiger partial charge in [-0.3, -0.25) is 9.78 Å². The third-order valence-corrected chi connectivity index (χ3v) is 6.98. The largest absolute Gasteiger partial charge is 0.371 e. The van der Waals surface area contributed by atoms with Gasteiger partial charge in [0.1, 0.15) is 0 Å². The molecule has 0 unspecified atom stereocenters. The van der Waals surface area contributed by atoms with Gasteiger partial charge in [-0.1, -0.05) is 6.92 Å². The molecule has 158 valence electrons. The molecule has 3 fully saturated rings. The van der Waals surface area contributed by atoms with Crippen molar-refractivity contribution in [2.45, 2.75) is 39.0 Å². The highest BCUT2D eigenvalue weighted by Crippen LogP contribution is 2.41. The average molecular weight is 400 g/mol. The molecule has 3 aliphatic heterocycles. The van der Waals surface area contributed by atoms with E-state index in [9.17, 15) is 9.59 Å². The minimum absolute atomic E-state index is 0.162. The number of rotatable bonds is 2. The van der Waals surface area contributed by atoms with E-state index in [2.05, 4.69) is 22.0 Å². The van der Waals surface area contributed by atoms with Crippen LogP contribution in [0.5, 0.6) is 0 Å². The number of urea groups is 1. The Morgan fingerprint density at radius 3 is 2.24 bits per heavy atom. The zero-order valence-electron chi connectivity index (χ0n) is 17.6. The standard InChI is InChI=1S/C22H33N5O2/c1-2-20(28)24-11-3-12-25(17-16-24)21(29)26-13-6-22(7-14-26)8-15-27(18-22)19-4-9-23-10-5-19/h4-5,9-10H,2-3,6-8,11-18H2,1H3. The van der Waals surface area contributed by atoms with Crippen molar-refractivity contribution in [2.24, 2.45) is 5.41 Å². The Kier molecular flexibility index (Phi) is 5.92. The van der Waals surface area contributed by atoms with Gasteiger partial charge in [-0.15, -0.1) is 0 Å². The van der Waals surface area contributed by atoms with Crippen LogP contribution < -0.4 is 4.90 Å². The topological polar surface area (TPSA) is 60.0 Å². The first-order valence-electron chi connectivity index (χ1n) is 11.1. The molecule has 3 saturated heterocycles. The maximum absolute atomic E-state index is 13.1. The van der Waals surface area contributed by atoms with E-state index in [1.54, 1.807) is 0 Å². The fraction of sp³-hybridized carbons (Fsp3) is 0.682. The van der Waals surface area contributed by atoms with E-state index in [0.717, 1.165) is 58.5 Å².